The second-order valence-corrected chi connectivity index (χ2v) is 9.52. The maximum atomic E-state index is 12.5. The minimum atomic E-state index is -0.679. The molecule has 4 aliphatic carbocycles. The maximum Gasteiger partial charge on any atom is 0.342 e. The van der Waals surface area contributed by atoms with Crippen molar-refractivity contribution in [3.8, 4) is 5.82 Å². The molecule has 9 nitrogen and oxygen atoms in total. The smallest absolute Gasteiger partial charge is 0.342 e. The first-order valence-electron chi connectivity index (χ1n) is 11.2. The molecule has 0 saturated heterocycles. The quantitative estimate of drug-likeness (QED) is 0.695. The number of esters is 1. The van der Waals surface area contributed by atoms with Crippen LogP contribution in [0, 0.1) is 24.7 Å². The highest BCUT2D eigenvalue weighted by Crippen LogP contribution is 2.55. The normalized spacial score (nSPS) is 27.7. The summed E-state index contributed by atoms with van der Waals surface area (Å²) >= 11 is 0. The molecule has 168 valence electrons. The van der Waals surface area contributed by atoms with Gasteiger partial charge in [0.1, 0.15) is 5.56 Å². The molecule has 0 spiro atoms. The minimum absolute atomic E-state index is 0.188. The van der Waals surface area contributed by atoms with E-state index >= 15 is 0 Å². The Kier molecular flexibility index (Phi) is 5.19. The van der Waals surface area contributed by atoms with E-state index in [1.807, 2.05) is 6.07 Å². The zero-order valence-corrected chi connectivity index (χ0v) is 18.0. The summed E-state index contributed by atoms with van der Waals surface area (Å²) in [5.41, 5.74) is 0.600. The number of aromatic nitrogens is 3. The van der Waals surface area contributed by atoms with Crippen LogP contribution in [0.15, 0.2) is 30.6 Å². The maximum absolute atomic E-state index is 12.5. The van der Waals surface area contributed by atoms with Crippen LogP contribution in [0.2, 0.25) is 0 Å². The number of hydrogen-bond acceptors (Lipinski definition) is 6. The van der Waals surface area contributed by atoms with Crippen LogP contribution in [0.5, 0.6) is 0 Å². The number of amides is 3. The second kappa shape index (κ2) is 8.03. The van der Waals surface area contributed by atoms with E-state index in [1.165, 1.54) is 30.1 Å². The molecule has 9 heteroatoms. The molecule has 6 rings (SSSR count). The lowest BCUT2D eigenvalue weighted by atomic mass is 9.53. The van der Waals surface area contributed by atoms with Gasteiger partial charge in [0.15, 0.2) is 12.4 Å². The predicted octanol–water partition coefficient (Wildman–Crippen LogP) is 2.53. The van der Waals surface area contributed by atoms with Crippen LogP contribution in [-0.4, -0.2) is 44.8 Å². The van der Waals surface area contributed by atoms with Crippen molar-refractivity contribution in [2.75, 3.05) is 6.61 Å². The molecule has 32 heavy (non-hydrogen) atoms. The Morgan fingerprint density at radius 1 is 1.12 bits per heavy atom. The van der Waals surface area contributed by atoms with Crippen LogP contribution in [0.3, 0.4) is 0 Å². The monoisotopic (exact) mass is 437 g/mol. The Bertz CT molecular complexity index is 1010. The van der Waals surface area contributed by atoms with Crippen LogP contribution < -0.4 is 10.6 Å². The van der Waals surface area contributed by atoms with Crippen molar-refractivity contribution in [1.82, 2.24) is 25.4 Å². The van der Waals surface area contributed by atoms with Gasteiger partial charge < -0.3 is 10.1 Å². The summed E-state index contributed by atoms with van der Waals surface area (Å²) in [5, 5.41) is 9.56. The lowest BCUT2D eigenvalue weighted by Crippen LogP contribution is -2.62. The number of urea groups is 1. The van der Waals surface area contributed by atoms with E-state index in [1.54, 1.807) is 25.3 Å². The average molecular weight is 438 g/mol. The van der Waals surface area contributed by atoms with Crippen LogP contribution in [0.1, 0.15) is 54.6 Å². The van der Waals surface area contributed by atoms with Crippen molar-refractivity contribution >= 4 is 17.9 Å². The van der Waals surface area contributed by atoms with Gasteiger partial charge in [0.2, 0.25) is 0 Å². The SMILES string of the molecule is Cc1c(C(=O)OCC(=O)NC(=O)NC23CC4CC(CC(C4)C2)C3)cnn1-c1ccccn1. The third-order valence-electron chi connectivity index (χ3n) is 7.10. The molecule has 0 atom stereocenters. The van der Waals surface area contributed by atoms with Crippen molar-refractivity contribution in [1.29, 1.82) is 0 Å². The standard InChI is InChI=1S/C23H27N5O4/c1-14-18(12-25-28(14)19-4-2-3-5-24-19)21(30)32-13-20(29)26-22(31)27-23-9-15-6-16(10-23)8-17(7-15)11-23/h2-5,12,15-17H,6-11,13H2,1H3,(H2,26,27,29,31). The molecule has 4 fully saturated rings. The zero-order chi connectivity index (χ0) is 22.3. The molecule has 0 aromatic carbocycles. The van der Waals surface area contributed by atoms with Gasteiger partial charge in [0.25, 0.3) is 5.91 Å². The van der Waals surface area contributed by atoms with Crippen molar-refractivity contribution < 1.29 is 19.1 Å². The number of rotatable bonds is 5. The van der Waals surface area contributed by atoms with Gasteiger partial charge >= 0.3 is 12.0 Å². The highest BCUT2D eigenvalue weighted by Gasteiger charge is 2.51. The summed E-state index contributed by atoms with van der Waals surface area (Å²) in [7, 11) is 0. The number of ether oxygens (including phenoxy) is 1. The molecule has 3 amide bonds. The minimum Gasteiger partial charge on any atom is -0.452 e. The Labute approximate surface area is 185 Å². The number of hydrogen-bond donors (Lipinski definition) is 2. The molecule has 0 aliphatic heterocycles. The first-order valence-corrected chi connectivity index (χ1v) is 11.2. The van der Waals surface area contributed by atoms with E-state index in [0.717, 1.165) is 19.3 Å². The van der Waals surface area contributed by atoms with E-state index in [9.17, 15) is 14.4 Å². The molecular formula is C23H27N5O4. The molecule has 2 N–H and O–H groups in total. The van der Waals surface area contributed by atoms with E-state index < -0.39 is 24.5 Å². The largest absolute Gasteiger partial charge is 0.452 e. The Balaban J connectivity index is 1.13. The highest BCUT2D eigenvalue weighted by molar-refractivity contribution is 5.97. The van der Waals surface area contributed by atoms with Gasteiger partial charge in [-0.25, -0.2) is 19.3 Å². The van der Waals surface area contributed by atoms with Gasteiger partial charge in [-0.15, -0.1) is 0 Å². The first-order chi connectivity index (χ1) is 15.4. The van der Waals surface area contributed by atoms with Gasteiger partial charge in [0, 0.05) is 11.7 Å². The van der Waals surface area contributed by atoms with E-state index in [0.29, 0.717) is 29.3 Å². The van der Waals surface area contributed by atoms with Crippen molar-refractivity contribution in [3.63, 3.8) is 0 Å². The third-order valence-corrected chi connectivity index (χ3v) is 7.10. The van der Waals surface area contributed by atoms with Crippen molar-refractivity contribution in [2.45, 2.75) is 51.0 Å². The summed E-state index contributed by atoms with van der Waals surface area (Å²) in [4.78, 5) is 41.3. The van der Waals surface area contributed by atoms with Crippen LogP contribution >= 0.6 is 0 Å². The first kappa shape index (κ1) is 20.7. The molecule has 4 bridgehead atoms. The molecular weight excluding hydrogens is 410 g/mol. The molecule has 2 heterocycles. The van der Waals surface area contributed by atoms with Crippen molar-refractivity contribution in [2.24, 2.45) is 17.8 Å². The number of pyridine rings is 1. The lowest BCUT2D eigenvalue weighted by Gasteiger charge is -2.56. The predicted molar refractivity (Wildman–Crippen MR) is 114 cm³/mol. The summed E-state index contributed by atoms with van der Waals surface area (Å²) in [6.45, 7) is 1.18. The fraction of sp³-hybridized carbons (Fsp3) is 0.522. The highest BCUT2D eigenvalue weighted by atomic mass is 16.5. The van der Waals surface area contributed by atoms with E-state index in [-0.39, 0.29) is 11.1 Å². The van der Waals surface area contributed by atoms with Crippen molar-refractivity contribution in [3.05, 3.63) is 41.9 Å². The summed E-state index contributed by atoms with van der Waals surface area (Å²) in [5.74, 6) is 1.30. The zero-order valence-electron chi connectivity index (χ0n) is 18.0. The van der Waals surface area contributed by atoms with Gasteiger partial charge in [-0.3, -0.25) is 10.1 Å². The second-order valence-electron chi connectivity index (χ2n) is 9.52. The molecule has 2 aromatic heterocycles. The van der Waals surface area contributed by atoms with Crippen LogP contribution in [-0.2, 0) is 9.53 Å². The van der Waals surface area contributed by atoms with Gasteiger partial charge in [0.05, 0.1) is 11.9 Å². The lowest BCUT2D eigenvalue weighted by molar-refractivity contribution is -0.123. The Morgan fingerprint density at radius 2 is 1.81 bits per heavy atom. The number of nitrogens with zero attached hydrogens (tertiary/aromatic N) is 3. The molecule has 4 aliphatic rings. The fourth-order valence-electron chi connectivity index (χ4n) is 6.23. The number of carbonyl (C=O) groups is 3. The van der Waals surface area contributed by atoms with Crippen LogP contribution in [0.4, 0.5) is 4.79 Å². The van der Waals surface area contributed by atoms with E-state index in [4.69, 9.17) is 4.74 Å². The van der Waals surface area contributed by atoms with Gasteiger partial charge in [-0.05, 0) is 75.3 Å². The van der Waals surface area contributed by atoms with Gasteiger partial charge in [-0.1, -0.05) is 6.07 Å². The molecule has 4 saturated carbocycles. The Morgan fingerprint density at radius 3 is 2.44 bits per heavy atom. The third kappa shape index (κ3) is 3.99. The number of imide groups is 1. The summed E-state index contributed by atoms with van der Waals surface area (Å²) < 4.78 is 6.63. The fourth-order valence-corrected chi connectivity index (χ4v) is 6.23. The van der Waals surface area contributed by atoms with E-state index in [2.05, 4.69) is 20.7 Å². The topological polar surface area (TPSA) is 115 Å². The Hall–Kier alpha value is -3.23. The molecule has 2 aromatic rings. The van der Waals surface area contributed by atoms with Gasteiger partial charge in [-0.2, -0.15) is 5.10 Å². The van der Waals surface area contributed by atoms with Crippen LogP contribution in [0.25, 0.3) is 5.82 Å². The molecule has 0 unspecified atom stereocenters. The summed E-state index contributed by atoms with van der Waals surface area (Å²) in [6.07, 6.45) is 9.81. The molecule has 0 radical (unpaired) electrons. The summed E-state index contributed by atoms with van der Waals surface area (Å²) in [6, 6.07) is 4.87. The average Bonchev–Trinajstić information content (AvgIpc) is 3.12. The number of carbonyl (C=O) groups excluding carboxylic acids is 3. The number of nitrogens with one attached hydrogen (secondary N) is 2.